The van der Waals surface area contributed by atoms with Gasteiger partial charge in [0.1, 0.15) is 0 Å². The van der Waals surface area contributed by atoms with Gasteiger partial charge < -0.3 is 4.90 Å². The fourth-order valence-corrected chi connectivity index (χ4v) is 12.6. The molecule has 0 unspecified atom stereocenters. The number of hydrogen-bond donors (Lipinski definition) is 0. The molecule has 1 aromatic heterocycles. The highest BCUT2D eigenvalue weighted by atomic mass is 32.1. The molecule has 0 bridgehead atoms. The summed E-state index contributed by atoms with van der Waals surface area (Å²) in [7, 11) is 0. The summed E-state index contributed by atoms with van der Waals surface area (Å²) in [5.74, 6) is 0. The minimum atomic E-state index is -0.455. The average molecular weight is 816 g/mol. The molecule has 2 heteroatoms. The third-order valence-electron chi connectivity index (χ3n) is 14.1. The van der Waals surface area contributed by atoms with Crippen molar-refractivity contribution in [1.82, 2.24) is 0 Å². The van der Waals surface area contributed by atoms with E-state index in [1.165, 1.54) is 108 Å². The molecule has 2 aliphatic carbocycles. The van der Waals surface area contributed by atoms with Crippen LogP contribution < -0.4 is 4.90 Å². The van der Waals surface area contributed by atoms with E-state index in [-0.39, 0.29) is 0 Å². The van der Waals surface area contributed by atoms with Crippen LogP contribution in [-0.4, -0.2) is 0 Å². The summed E-state index contributed by atoms with van der Waals surface area (Å²) in [4.78, 5) is 2.57. The molecule has 0 saturated heterocycles. The molecule has 1 spiro atoms. The Balaban J connectivity index is 1.09. The first-order chi connectivity index (χ1) is 31.3. The number of anilines is 3. The Morgan fingerprint density at radius 2 is 0.794 bits per heavy atom. The van der Waals surface area contributed by atoms with Crippen LogP contribution in [0.2, 0.25) is 0 Å². The fraction of sp³-hybridized carbons (Fsp3) is 0.0164. The van der Waals surface area contributed by atoms with Crippen molar-refractivity contribution in [3.63, 3.8) is 0 Å². The Hall–Kier alpha value is -7.78. The molecular weight excluding hydrogens is 779 g/mol. The van der Waals surface area contributed by atoms with Crippen LogP contribution in [-0.2, 0) is 5.41 Å². The maximum Gasteiger partial charge on any atom is 0.0726 e. The number of para-hydroxylation sites is 1. The normalized spacial score (nSPS) is 13.2. The predicted molar refractivity (Wildman–Crippen MR) is 268 cm³/mol. The van der Waals surface area contributed by atoms with Gasteiger partial charge in [0.25, 0.3) is 0 Å². The highest BCUT2D eigenvalue weighted by Crippen LogP contribution is 2.65. The van der Waals surface area contributed by atoms with Crippen LogP contribution in [0.3, 0.4) is 0 Å². The molecule has 0 amide bonds. The summed E-state index contributed by atoms with van der Waals surface area (Å²) >= 11 is 1.87. The number of nitrogens with zero attached hydrogens (tertiary/aromatic N) is 1. The summed E-state index contributed by atoms with van der Waals surface area (Å²) in [6.07, 6.45) is 0. The van der Waals surface area contributed by atoms with Crippen LogP contribution in [0.4, 0.5) is 17.1 Å². The van der Waals surface area contributed by atoms with Crippen LogP contribution in [0.15, 0.2) is 224 Å². The highest BCUT2D eigenvalue weighted by Gasteiger charge is 2.52. The Kier molecular flexibility index (Phi) is 7.26. The zero-order valence-corrected chi connectivity index (χ0v) is 35.0. The van der Waals surface area contributed by atoms with E-state index >= 15 is 0 Å². The second kappa shape index (κ2) is 13.1. The Bertz CT molecular complexity index is 3810. The van der Waals surface area contributed by atoms with Gasteiger partial charge in [-0.15, -0.1) is 11.3 Å². The number of benzene rings is 11. The highest BCUT2D eigenvalue weighted by molar-refractivity contribution is 7.25. The molecule has 0 fully saturated rings. The van der Waals surface area contributed by atoms with Gasteiger partial charge in [0.15, 0.2) is 0 Å². The van der Waals surface area contributed by atoms with Gasteiger partial charge in [-0.2, -0.15) is 0 Å². The molecule has 292 valence electrons. The van der Waals surface area contributed by atoms with E-state index in [9.17, 15) is 0 Å². The minimum Gasteiger partial charge on any atom is -0.309 e. The van der Waals surface area contributed by atoms with E-state index < -0.39 is 5.41 Å². The van der Waals surface area contributed by atoms with Gasteiger partial charge in [0.2, 0.25) is 0 Å². The monoisotopic (exact) mass is 815 g/mol. The van der Waals surface area contributed by atoms with Gasteiger partial charge in [-0.05, 0) is 119 Å². The lowest BCUT2D eigenvalue weighted by molar-refractivity contribution is 0.794. The van der Waals surface area contributed by atoms with Crippen LogP contribution in [0.5, 0.6) is 0 Å². The fourth-order valence-electron chi connectivity index (χ4n) is 11.6. The SMILES string of the molecule is c1ccc(N(c2ccc3c4ccccc4c4ccccc4c3c2)c2cccc3c2-c2ccccc2C32c3ccccc3-c3ccccc32)c(-c2ccc3sc4ccccc4c3c2)c1. The van der Waals surface area contributed by atoms with Crippen molar-refractivity contribution in [3.8, 4) is 33.4 Å². The second-order valence-corrected chi connectivity index (χ2v) is 18.2. The maximum absolute atomic E-state index is 2.57. The van der Waals surface area contributed by atoms with Crippen LogP contribution >= 0.6 is 11.3 Å². The molecular formula is C61H37NS. The average Bonchev–Trinajstić information content (AvgIpc) is 3.99. The third-order valence-corrected chi connectivity index (χ3v) is 15.2. The molecule has 12 aromatic rings. The lowest BCUT2D eigenvalue weighted by Gasteiger charge is -2.32. The van der Waals surface area contributed by atoms with Gasteiger partial charge in [-0.25, -0.2) is 0 Å². The maximum atomic E-state index is 2.57. The molecule has 0 saturated carbocycles. The van der Waals surface area contributed by atoms with Gasteiger partial charge in [0, 0.05) is 37.0 Å². The topological polar surface area (TPSA) is 3.24 Å². The zero-order valence-electron chi connectivity index (χ0n) is 34.2. The third kappa shape index (κ3) is 4.71. The van der Waals surface area contributed by atoms with E-state index in [2.05, 4.69) is 229 Å². The smallest absolute Gasteiger partial charge is 0.0726 e. The molecule has 0 aliphatic heterocycles. The Morgan fingerprint density at radius 3 is 1.49 bits per heavy atom. The molecule has 1 heterocycles. The molecule has 63 heavy (non-hydrogen) atoms. The van der Waals surface area contributed by atoms with Crippen molar-refractivity contribution in [2.75, 3.05) is 4.90 Å². The zero-order chi connectivity index (χ0) is 41.2. The molecule has 2 aliphatic rings. The summed E-state index contributed by atoms with van der Waals surface area (Å²) in [5, 5.41) is 10.2. The van der Waals surface area contributed by atoms with Crippen molar-refractivity contribution in [2.24, 2.45) is 0 Å². The van der Waals surface area contributed by atoms with Crippen molar-refractivity contribution >= 4 is 80.9 Å². The molecule has 0 N–H and O–H groups in total. The summed E-state index contributed by atoms with van der Waals surface area (Å²) in [6.45, 7) is 0. The van der Waals surface area contributed by atoms with Crippen LogP contribution in [0.25, 0.3) is 85.9 Å². The van der Waals surface area contributed by atoms with Crippen molar-refractivity contribution in [3.05, 3.63) is 247 Å². The lowest BCUT2D eigenvalue weighted by Crippen LogP contribution is -2.26. The molecule has 14 rings (SSSR count). The predicted octanol–water partition coefficient (Wildman–Crippen LogP) is 17.0. The standard InChI is InChI=1S/C61H37NS/c1-2-19-43-41(17-1)42-18-3-4-20-44(42)50-37-39(33-34-45(43)50)62(56-29-13-8-16-40(56)38-32-35-59-51(36-38)48-23-9-14-31-58(48)63-59)57-30-15-28-55-60(57)49-24-7-12-27-54(49)61(55)52-25-10-5-21-46(52)47-22-6-11-26-53(47)61/h1-37H. The van der Waals surface area contributed by atoms with E-state index in [1.54, 1.807) is 0 Å². The number of rotatable bonds is 4. The van der Waals surface area contributed by atoms with E-state index in [1.807, 2.05) is 11.3 Å². The van der Waals surface area contributed by atoms with Gasteiger partial charge in [0.05, 0.1) is 16.8 Å². The molecule has 11 aromatic carbocycles. The lowest BCUT2D eigenvalue weighted by atomic mass is 9.70. The van der Waals surface area contributed by atoms with Gasteiger partial charge in [-0.3, -0.25) is 0 Å². The van der Waals surface area contributed by atoms with Crippen LogP contribution in [0.1, 0.15) is 22.3 Å². The first kappa shape index (κ1) is 34.9. The van der Waals surface area contributed by atoms with Gasteiger partial charge in [-0.1, -0.05) is 182 Å². The molecule has 0 radical (unpaired) electrons. The largest absolute Gasteiger partial charge is 0.309 e. The minimum absolute atomic E-state index is 0.455. The number of fused-ring (bicyclic) bond motifs is 19. The number of thiophene rings is 1. The second-order valence-electron chi connectivity index (χ2n) is 17.1. The first-order valence-corrected chi connectivity index (χ1v) is 22.7. The van der Waals surface area contributed by atoms with Crippen molar-refractivity contribution in [1.29, 1.82) is 0 Å². The molecule has 1 nitrogen and oxygen atoms in total. The van der Waals surface area contributed by atoms with Crippen LogP contribution in [0, 0.1) is 0 Å². The van der Waals surface area contributed by atoms with E-state index in [4.69, 9.17) is 0 Å². The number of hydrogen-bond acceptors (Lipinski definition) is 2. The first-order valence-electron chi connectivity index (χ1n) is 21.8. The van der Waals surface area contributed by atoms with Crippen molar-refractivity contribution in [2.45, 2.75) is 5.41 Å². The van der Waals surface area contributed by atoms with E-state index in [0.29, 0.717) is 0 Å². The van der Waals surface area contributed by atoms with Gasteiger partial charge >= 0.3 is 0 Å². The Morgan fingerprint density at radius 1 is 0.302 bits per heavy atom. The quantitative estimate of drug-likeness (QED) is 0.160. The van der Waals surface area contributed by atoms with E-state index in [0.717, 1.165) is 17.1 Å². The Labute approximate surface area is 369 Å². The van der Waals surface area contributed by atoms with Crippen molar-refractivity contribution < 1.29 is 0 Å². The summed E-state index contributed by atoms with van der Waals surface area (Å²) in [5.41, 5.74) is 15.9. The molecule has 0 atom stereocenters. The summed E-state index contributed by atoms with van der Waals surface area (Å²) < 4.78 is 2.63. The summed E-state index contributed by atoms with van der Waals surface area (Å²) in [6, 6.07) is 84.2.